The molecule has 0 aromatic heterocycles. The minimum absolute atomic E-state index is 0. The first-order chi connectivity index (χ1) is 15.2. The van der Waals surface area contributed by atoms with E-state index in [-0.39, 0.29) is 36.5 Å². The minimum atomic E-state index is -0.125. The van der Waals surface area contributed by atoms with Crippen molar-refractivity contribution in [2.75, 3.05) is 32.8 Å². The third-order valence-corrected chi connectivity index (χ3v) is 4.87. The summed E-state index contributed by atoms with van der Waals surface area (Å²) in [5.74, 6) is 2.34. The van der Waals surface area contributed by atoms with Gasteiger partial charge in [-0.25, -0.2) is 4.99 Å². The van der Waals surface area contributed by atoms with Crippen LogP contribution < -0.4 is 25.4 Å². The third-order valence-electron chi connectivity index (χ3n) is 4.87. The molecule has 0 saturated heterocycles. The number of aliphatic imine (C=N–C) groups is 1. The van der Waals surface area contributed by atoms with Crippen molar-refractivity contribution in [2.24, 2.45) is 4.99 Å². The fourth-order valence-electron chi connectivity index (χ4n) is 3.36. The highest BCUT2D eigenvalue weighted by molar-refractivity contribution is 14.0. The molecule has 7 nitrogen and oxygen atoms in total. The van der Waals surface area contributed by atoms with E-state index >= 15 is 0 Å². The standard InChI is InChI=1S/C24H32N4O3.HI/c1-3-25-23(29)17-31-21-7-5-6-19(15-21)16-28-24(26-4-2)27-12-10-18-8-9-22-20(14-18)11-13-30-22;/h5-9,14-15H,3-4,10-13,16-17H2,1-2H3,(H,25,29)(H2,26,27,28);1H. The lowest BCUT2D eigenvalue weighted by Crippen LogP contribution is -2.38. The van der Waals surface area contributed by atoms with Crippen molar-refractivity contribution < 1.29 is 14.3 Å². The van der Waals surface area contributed by atoms with Crippen molar-refractivity contribution in [1.82, 2.24) is 16.0 Å². The highest BCUT2D eigenvalue weighted by Gasteiger charge is 2.11. The Kier molecular flexibility index (Phi) is 11.1. The van der Waals surface area contributed by atoms with Crippen LogP contribution in [0.1, 0.15) is 30.5 Å². The second kappa shape index (κ2) is 13.8. The van der Waals surface area contributed by atoms with Gasteiger partial charge in [-0.05, 0) is 55.2 Å². The van der Waals surface area contributed by atoms with Crippen LogP contribution in [0.3, 0.4) is 0 Å². The summed E-state index contributed by atoms with van der Waals surface area (Å²) in [4.78, 5) is 16.2. The maximum Gasteiger partial charge on any atom is 0.257 e. The van der Waals surface area contributed by atoms with E-state index in [1.54, 1.807) is 0 Å². The number of likely N-dealkylation sites (N-methyl/N-ethyl adjacent to an activating group) is 1. The highest BCUT2D eigenvalue weighted by Crippen LogP contribution is 2.25. The van der Waals surface area contributed by atoms with Crippen LogP contribution in [0.5, 0.6) is 11.5 Å². The van der Waals surface area contributed by atoms with Gasteiger partial charge in [-0.2, -0.15) is 0 Å². The normalized spacial score (nSPS) is 12.2. The fraction of sp³-hybridized carbons (Fsp3) is 0.417. The summed E-state index contributed by atoms with van der Waals surface area (Å²) in [6.45, 7) is 7.42. The molecule has 1 aliphatic rings. The Morgan fingerprint density at radius 3 is 2.72 bits per heavy atom. The monoisotopic (exact) mass is 552 g/mol. The predicted molar refractivity (Wildman–Crippen MR) is 138 cm³/mol. The van der Waals surface area contributed by atoms with E-state index in [1.165, 1.54) is 11.1 Å². The Morgan fingerprint density at radius 1 is 1.06 bits per heavy atom. The number of hydrogen-bond donors (Lipinski definition) is 3. The third kappa shape index (κ3) is 8.22. The lowest BCUT2D eigenvalue weighted by atomic mass is 10.1. The molecule has 0 aliphatic carbocycles. The molecule has 3 N–H and O–H groups in total. The number of hydrogen-bond acceptors (Lipinski definition) is 4. The summed E-state index contributed by atoms with van der Waals surface area (Å²) >= 11 is 0. The molecule has 1 aliphatic heterocycles. The van der Waals surface area contributed by atoms with Gasteiger partial charge >= 0.3 is 0 Å². The zero-order valence-electron chi connectivity index (χ0n) is 18.8. The molecule has 2 aromatic carbocycles. The van der Waals surface area contributed by atoms with Gasteiger partial charge in [0.2, 0.25) is 0 Å². The number of fused-ring (bicyclic) bond motifs is 1. The average molecular weight is 552 g/mol. The second-order valence-electron chi connectivity index (χ2n) is 7.30. The summed E-state index contributed by atoms with van der Waals surface area (Å²) in [5, 5.41) is 9.40. The molecule has 2 aromatic rings. The minimum Gasteiger partial charge on any atom is -0.493 e. The van der Waals surface area contributed by atoms with Crippen LogP contribution in [-0.2, 0) is 24.2 Å². The maximum absolute atomic E-state index is 11.6. The molecule has 32 heavy (non-hydrogen) atoms. The maximum atomic E-state index is 11.6. The molecule has 8 heteroatoms. The summed E-state index contributed by atoms with van der Waals surface area (Å²) in [6.07, 6.45) is 1.91. The molecule has 0 bridgehead atoms. The van der Waals surface area contributed by atoms with E-state index < -0.39 is 0 Å². The average Bonchev–Trinajstić information content (AvgIpc) is 3.24. The summed E-state index contributed by atoms with van der Waals surface area (Å²) in [5.41, 5.74) is 3.61. The van der Waals surface area contributed by atoms with E-state index in [0.717, 1.165) is 49.8 Å². The van der Waals surface area contributed by atoms with Crippen LogP contribution in [0, 0.1) is 0 Å². The quantitative estimate of drug-likeness (QED) is 0.240. The van der Waals surface area contributed by atoms with E-state index in [4.69, 9.17) is 9.47 Å². The van der Waals surface area contributed by atoms with Crippen LogP contribution in [0.15, 0.2) is 47.5 Å². The molecule has 174 valence electrons. The number of amides is 1. The van der Waals surface area contributed by atoms with Gasteiger partial charge in [0, 0.05) is 26.1 Å². The van der Waals surface area contributed by atoms with Crippen LogP contribution in [-0.4, -0.2) is 44.7 Å². The first-order valence-electron chi connectivity index (χ1n) is 10.9. The van der Waals surface area contributed by atoms with Crippen molar-refractivity contribution in [3.8, 4) is 11.5 Å². The van der Waals surface area contributed by atoms with Crippen LogP contribution in [0.25, 0.3) is 0 Å². The van der Waals surface area contributed by atoms with Crippen molar-refractivity contribution in [1.29, 1.82) is 0 Å². The molecule has 0 unspecified atom stereocenters. The van der Waals surface area contributed by atoms with Gasteiger partial charge in [0.25, 0.3) is 5.91 Å². The Balaban J connectivity index is 0.00000363. The van der Waals surface area contributed by atoms with Crippen molar-refractivity contribution in [2.45, 2.75) is 33.2 Å². The Bertz CT molecular complexity index is 905. The Morgan fingerprint density at radius 2 is 1.91 bits per heavy atom. The van der Waals surface area contributed by atoms with Gasteiger partial charge in [0.1, 0.15) is 11.5 Å². The van der Waals surface area contributed by atoms with Gasteiger partial charge in [-0.3, -0.25) is 4.79 Å². The van der Waals surface area contributed by atoms with E-state index in [1.807, 2.05) is 38.1 Å². The van der Waals surface area contributed by atoms with Gasteiger partial charge in [0.05, 0.1) is 13.2 Å². The lowest BCUT2D eigenvalue weighted by Gasteiger charge is -2.12. The number of carbonyl (C=O) groups is 1. The smallest absolute Gasteiger partial charge is 0.257 e. The Labute approximate surface area is 207 Å². The first kappa shape index (κ1) is 25.8. The predicted octanol–water partition coefficient (Wildman–Crippen LogP) is 3.05. The second-order valence-corrected chi connectivity index (χ2v) is 7.30. The number of rotatable bonds is 10. The highest BCUT2D eigenvalue weighted by atomic mass is 127. The number of halogens is 1. The number of carbonyl (C=O) groups excluding carboxylic acids is 1. The molecular weight excluding hydrogens is 519 g/mol. The SMILES string of the molecule is CCNC(=O)COc1cccc(CN=C(NCC)NCCc2ccc3c(c2)CCO3)c1.I. The molecule has 3 rings (SSSR count). The zero-order valence-corrected chi connectivity index (χ0v) is 21.1. The molecule has 0 spiro atoms. The molecule has 1 amide bonds. The van der Waals surface area contributed by atoms with Gasteiger partial charge in [-0.15, -0.1) is 24.0 Å². The number of nitrogens with one attached hydrogen (secondary N) is 3. The van der Waals surface area contributed by atoms with Gasteiger partial charge in [-0.1, -0.05) is 24.3 Å². The summed E-state index contributed by atoms with van der Waals surface area (Å²) in [7, 11) is 0. The largest absolute Gasteiger partial charge is 0.493 e. The lowest BCUT2D eigenvalue weighted by molar-refractivity contribution is -0.122. The van der Waals surface area contributed by atoms with Crippen molar-refractivity contribution in [3.05, 3.63) is 59.2 Å². The number of nitrogens with zero attached hydrogens (tertiary/aromatic N) is 1. The van der Waals surface area contributed by atoms with Gasteiger partial charge < -0.3 is 25.4 Å². The summed E-state index contributed by atoms with van der Waals surface area (Å²) in [6, 6.07) is 14.1. The first-order valence-corrected chi connectivity index (χ1v) is 10.9. The van der Waals surface area contributed by atoms with E-state index in [0.29, 0.717) is 18.8 Å². The number of benzene rings is 2. The van der Waals surface area contributed by atoms with Crippen LogP contribution >= 0.6 is 24.0 Å². The van der Waals surface area contributed by atoms with Crippen molar-refractivity contribution >= 4 is 35.8 Å². The van der Waals surface area contributed by atoms with Crippen molar-refractivity contribution in [3.63, 3.8) is 0 Å². The molecule has 0 radical (unpaired) electrons. The number of guanidine groups is 1. The molecule has 1 heterocycles. The van der Waals surface area contributed by atoms with Gasteiger partial charge in [0.15, 0.2) is 12.6 Å². The topological polar surface area (TPSA) is 84.0 Å². The molecular formula is C24H33IN4O3. The molecule has 0 saturated carbocycles. The van der Waals surface area contributed by atoms with E-state index in [2.05, 4.69) is 39.1 Å². The molecule has 0 fully saturated rings. The number of ether oxygens (including phenoxy) is 2. The summed E-state index contributed by atoms with van der Waals surface area (Å²) < 4.78 is 11.1. The fourth-order valence-corrected chi connectivity index (χ4v) is 3.36. The Hall–Kier alpha value is -2.49. The van der Waals surface area contributed by atoms with Crippen LogP contribution in [0.2, 0.25) is 0 Å². The zero-order chi connectivity index (χ0) is 21.9. The van der Waals surface area contributed by atoms with Crippen LogP contribution in [0.4, 0.5) is 0 Å². The van der Waals surface area contributed by atoms with E-state index in [9.17, 15) is 4.79 Å². The molecule has 0 atom stereocenters.